The Balaban J connectivity index is 2.29. The van der Waals surface area contributed by atoms with Crippen molar-refractivity contribution in [1.29, 1.82) is 0 Å². The Morgan fingerprint density at radius 2 is 2.40 bits per heavy atom. The van der Waals surface area contributed by atoms with Gasteiger partial charge in [-0.25, -0.2) is 0 Å². The summed E-state index contributed by atoms with van der Waals surface area (Å²) in [5.74, 6) is 0.115. The van der Waals surface area contributed by atoms with Crippen molar-refractivity contribution in [3.8, 4) is 5.75 Å². The van der Waals surface area contributed by atoms with Crippen LogP contribution in [0.4, 0.5) is 5.69 Å². The lowest BCUT2D eigenvalue weighted by atomic mass is 10.1. The number of nitro groups is 1. The van der Waals surface area contributed by atoms with Gasteiger partial charge in [0.05, 0.1) is 17.1 Å². The Kier molecular flexibility index (Phi) is 4.95. The van der Waals surface area contributed by atoms with Gasteiger partial charge in [0.15, 0.2) is 0 Å². The first-order chi connectivity index (χ1) is 9.49. The number of benzene rings is 1. The Labute approximate surface area is 125 Å². The Bertz CT molecular complexity index is 500. The van der Waals surface area contributed by atoms with Crippen LogP contribution in [-0.4, -0.2) is 29.3 Å². The number of halogens is 1. The van der Waals surface area contributed by atoms with Gasteiger partial charge in [0.1, 0.15) is 6.61 Å². The van der Waals surface area contributed by atoms with E-state index in [1.165, 1.54) is 6.07 Å². The fourth-order valence-corrected chi connectivity index (χ4v) is 2.62. The number of ether oxygens (including phenoxy) is 2. The molecule has 1 aromatic carbocycles. The van der Waals surface area contributed by atoms with E-state index in [2.05, 4.69) is 15.9 Å². The van der Waals surface area contributed by atoms with Gasteiger partial charge in [0.2, 0.25) is 5.75 Å². The lowest BCUT2D eigenvalue weighted by molar-refractivity contribution is -0.386. The molecule has 1 aromatic rings. The minimum Gasteiger partial charge on any atom is -0.484 e. The molecule has 1 aliphatic rings. The zero-order valence-corrected chi connectivity index (χ0v) is 12.6. The van der Waals surface area contributed by atoms with Crippen molar-refractivity contribution in [1.82, 2.24) is 0 Å². The highest BCUT2D eigenvalue weighted by Gasteiger charge is 2.25. The van der Waals surface area contributed by atoms with Gasteiger partial charge in [-0.15, -0.1) is 0 Å². The zero-order valence-electron chi connectivity index (χ0n) is 11.0. The van der Waals surface area contributed by atoms with Gasteiger partial charge in [-0.1, -0.05) is 15.9 Å². The molecule has 110 valence electrons. The second-order valence-corrected chi connectivity index (χ2v) is 5.64. The molecule has 1 N–H and O–H groups in total. The van der Waals surface area contributed by atoms with Gasteiger partial charge in [-0.05, 0) is 25.8 Å². The maximum atomic E-state index is 11.1. The van der Waals surface area contributed by atoms with Crippen molar-refractivity contribution in [2.45, 2.75) is 32.0 Å². The summed E-state index contributed by atoms with van der Waals surface area (Å²) in [6, 6.07) is 3.00. The third-order valence-corrected chi connectivity index (χ3v) is 3.61. The number of nitrogens with zero attached hydrogens (tertiary/aromatic N) is 1. The second-order valence-electron chi connectivity index (χ2n) is 4.72. The van der Waals surface area contributed by atoms with Crippen LogP contribution in [0.1, 0.15) is 31.4 Å². The summed E-state index contributed by atoms with van der Waals surface area (Å²) in [6.45, 7) is 2.49. The van der Waals surface area contributed by atoms with Gasteiger partial charge < -0.3 is 14.6 Å². The highest BCUT2D eigenvalue weighted by molar-refractivity contribution is 9.10. The van der Waals surface area contributed by atoms with E-state index in [1.807, 2.05) is 0 Å². The van der Waals surface area contributed by atoms with E-state index >= 15 is 0 Å². The molecule has 0 amide bonds. The minimum absolute atomic E-state index is 0.0416. The molecular formula is C13H16BrNO5. The monoisotopic (exact) mass is 345 g/mol. The average molecular weight is 346 g/mol. The van der Waals surface area contributed by atoms with Gasteiger partial charge in [0, 0.05) is 22.7 Å². The standard InChI is InChI=1S/C13H16BrNO5/c1-8(16)11-5-9(14)6-12(15(17)18)13(11)20-7-10-3-2-4-19-10/h5-6,8,10,16H,2-4,7H2,1H3. The average Bonchev–Trinajstić information content (AvgIpc) is 2.89. The first-order valence-electron chi connectivity index (χ1n) is 6.39. The number of hydrogen-bond donors (Lipinski definition) is 1. The zero-order chi connectivity index (χ0) is 14.7. The summed E-state index contributed by atoms with van der Waals surface area (Å²) < 4.78 is 11.5. The molecule has 1 heterocycles. The molecule has 1 saturated heterocycles. The molecular weight excluding hydrogens is 330 g/mol. The molecule has 0 bridgehead atoms. The highest BCUT2D eigenvalue weighted by atomic mass is 79.9. The second kappa shape index (κ2) is 6.51. The third-order valence-electron chi connectivity index (χ3n) is 3.15. The number of aliphatic hydroxyl groups is 1. The van der Waals surface area contributed by atoms with Crippen molar-refractivity contribution in [2.75, 3.05) is 13.2 Å². The summed E-state index contributed by atoms with van der Waals surface area (Å²) in [5, 5.41) is 20.9. The van der Waals surface area contributed by atoms with E-state index in [0.29, 0.717) is 16.6 Å². The van der Waals surface area contributed by atoms with Crippen LogP contribution in [-0.2, 0) is 4.74 Å². The molecule has 1 fully saturated rings. The van der Waals surface area contributed by atoms with Crippen LogP contribution >= 0.6 is 15.9 Å². The summed E-state index contributed by atoms with van der Waals surface area (Å²) in [5.41, 5.74) is 0.234. The van der Waals surface area contributed by atoms with Crippen molar-refractivity contribution >= 4 is 21.6 Å². The van der Waals surface area contributed by atoms with E-state index < -0.39 is 11.0 Å². The Morgan fingerprint density at radius 1 is 1.65 bits per heavy atom. The lowest BCUT2D eigenvalue weighted by Gasteiger charge is -2.16. The number of aliphatic hydroxyl groups excluding tert-OH is 1. The van der Waals surface area contributed by atoms with Gasteiger partial charge >= 0.3 is 5.69 Å². The fourth-order valence-electron chi connectivity index (χ4n) is 2.16. The van der Waals surface area contributed by atoms with Crippen LogP contribution < -0.4 is 4.74 Å². The molecule has 0 radical (unpaired) electrons. The minimum atomic E-state index is -0.856. The largest absolute Gasteiger partial charge is 0.484 e. The van der Waals surface area contributed by atoms with Crippen molar-refractivity contribution in [2.24, 2.45) is 0 Å². The van der Waals surface area contributed by atoms with Crippen molar-refractivity contribution in [3.63, 3.8) is 0 Å². The maximum Gasteiger partial charge on any atom is 0.312 e. The number of nitro benzene ring substituents is 1. The van der Waals surface area contributed by atoms with Crippen molar-refractivity contribution in [3.05, 3.63) is 32.3 Å². The number of hydrogen-bond acceptors (Lipinski definition) is 5. The summed E-state index contributed by atoms with van der Waals surface area (Å²) in [6.07, 6.45) is 0.958. The van der Waals surface area contributed by atoms with Crippen LogP contribution in [0.15, 0.2) is 16.6 Å². The van der Waals surface area contributed by atoms with E-state index in [0.717, 1.165) is 12.8 Å². The highest BCUT2D eigenvalue weighted by Crippen LogP contribution is 2.38. The molecule has 0 aliphatic carbocycles. The SMILES string of the molecule is CC(O)c1cc(Br)cc([N+](=O)[O-])c1OCC1CCCO1. The molecule has 1 aliphatic heterocycles. The smallest absolute Gasteiger partial charge is 0.312 e. The lowest BCUT2D eigenvalue weighted by Crippen LogP contribution is -2.17. The van der Waals surface area contributed by atoms with Crippen LogP contribution in [0.3, 0.4) is 0 Å². The van der Waals surface area contributed by atoms with E-state index in [1.54, 1.807) is 13.0 Å². The van der Waals surface area contributed by atoms with Gasteiger partial charge in [-0.2, -0.15) is 0 Å². The normalized spacial score (nSPS) is 19.9. The number of rotatable bonds is 5. The molecule has 7 heteroatoms. The Morgan fingerprint density at radius 3 is 2.95 bits per heavy atom. The molecule has 6 nitrogen and oxygen atoms in total. The van der Waals surface area contributed by atoms with Crippen molar-refractivity contribution < 1.29 is 19.5 Å². The topological polar surface area (TPSA) is 81.8 Å². The van der Waals surface area contributed by atoms with E-state index in [4.69, 9.17) is 9.47 Å². The van der Waals surface area contributed by atoms with Crippen LogP contribution in [0.2, 0.25) is 0 Å². The summed E-state index contributed by atoms with van der Waals surface area (Å²) in [7, 11) is 0. The van der Waals surface area contributed by atoms with Crippen LogP contribution in [0, 0.1) is 10.1 Å². The summed E-state index contributed by atoms with van der Waals surface area (Å²) in [4.78, 5) is 10.6. The maximum absolute atomic E-state index is 11.1. The van der Waals surface area contributed by atoms with E-state index in [-0.39, 0.29) is 24.1 Å². The molecule has 2 atom stereocenters. The van der Waals surface area contributed by atoms with E-state index in [9.17, 15) is 15.2 Å². The molecule has 2 rings (SSSR count). The van der Waals surface area contributed by atoms with Crippen LogP contribution in [0.25, 0.3) is 0 Å². The first kappa shape index (κ1) is 15.2. The molecule has 20 heavy (non-hydrogen) atoms. The van der Waals surface area contributed by atoms with Gasteiger partial charge in [-0.3, -0.25) is 10.1 Å². The van der Waals surface area contributed by atoms with Crippen LogP contribution in [0.5, 0.6) is 5.75 Å². The predicted molar refractivity (Wildman–Crippen MR) is 75.9 cm³/mol. The quantitative estimate of drug-likeness (QED) is 0.655. The van der Waals surface area contributed by atoms with Gasteiger partial charge in [0.25, 0.3) is 0 Å². The third kappa shape index (κ3) is 3.47. The molecule has 0 saturated carbocycles. The molecule has 0 aromatic heterocycles. The Hall–Kier alpha value is -1.18. The molecule has 0 spiro atoms. The fraction of sp³-hybridized carbons (Fsp3) is 0.538. The molecule has 2 unspecified atom stereocenters. The first-order valence-corrected chi connectivity index (χ1v) is 7.18. The summed E-state index contributed by atoms with van der Waals surface area (Å²) >= 11 is 3.21. The predicted octanol–water partition coefficient (Wildman–Crippen LogP) is 2.97.